The summed E-state index contributed by atoms with van der Waals surface area (Å²) in [7, 11) is 0. The minimum absolute atomic E-state index is 0.0152. The van der Waals surface area contributed by atoms with Crippen LogP contribution < -0.4 is 10.5 Å². The Morgan fingerprint density at radius 1 is 1.00 bits per heavy atom. The molecule has 2 amide bonds. The van der Waals surface area contributed by atoms with Crippen molar-refractivity contribution in [2.24, 2.45) is 5.73 Å². The lowest BCUT2D eigenvalue weighted by Crippen LogP contribution is -2.38. The van der Waals surface area contributed by atoms with Crippen molar-refractivity contribution in [3.8, 4) is 5.75 Å². The van der Waals surface area contributed by atoms with E-state index in [4.69, 9.17) is 10.5 Å². The van der Waals surface area contributed by atoms with Crippen LogP contribution in [0.25, 0.3) is 0 Å². The molecule has 2 aliphatic heterocycles. The van der Waals surface area contributed by atoms with Crippen molar-refractivity contribution in [2.45, 2.75) is 37.8 Å². The van der Waals surface area contributed by atoms with Gasteiger partial charge in [-0.1, -0.05) is 30.3 Å². The largest absolute Gasteiger partial charge is 0.484 e. The number of β-amino-alcohol motifs (C(OH)–C–C–N with tert-alkyl or cyclic N) is 1. The Morgan fingerprint density at radius 2 is 1.75 bits per heavy atom. The maximum Gasteiger partial charge on any atom is 0.260 e. The van der Waals surface area contributed by atoms with Gasteiger partial charge in [0, 0.05) is 38.3 Å². The molecule has 3 N–H and O–H groups in total. The lowest BCUT2D eigenvalue weighted by Gasteiger charge is -2.32. The highest BCUT2D eigenvalue weighted by molar-refractivity contribution is 5.94. The highest BCUT2D eigenvalue weighted by Gasteiger charge is 2.26. The maximum absolute atomic E-state index is 13.0. The fourth-order valence-electron chi connectivity index (χ4n) is 4.50. The molecular weight excluding hydrogens is 406 g/mol. The van der Waals surface area contributed by atoms with Crippen LogP contribution in [0.4, 0.5) is 0 Å². The van der Waals surface area contributed by atoms with Crippen LogP contribution in [0.15, 0.2) is 48.5 Å². The molecule has 7 heteroatoms. The van der Waals surface area contributed by atoms with E-state index >= 15 is 0 Å². The minimum Gasteiger partial charge on any atom is -0.484 e. The topological polar surface area (TPSA) is 96.1 Å². The average Bonchev–Trinajstić information content (AvgIpc) is 3.29. The fraction of sp³-hybridized carbons (Fsp3) is 0.440. The number of hydrogen-bond donors (Lipinski definition) is 2. The normalized spacial score (nSPS) is 19.2. The summed E-state index contributed by atoms with van der Waals surface area (Å²) in [5, 5.41) is 9.58. The zero-order chi connectivity index (χ0) is 22.5. The summed E-state index contributed by atoms with van der Waals surface area (Å²) >= 11 is 0. The van der Waals surface area contributed by atoms with Crippen molar-refractivity contribution in [3.63, 3.8) is 0 Å². The van der Waals surface area contributed by atoms with E-state index in [0.717, 1.165) is 18.4 Å². The number of aliphatic hydroxyl groups excluding tert-OH is 1. The van der Waals surface area contributed by atoms with Gasteiger partial charge in [-0.15, -0.1) is 0 Å². The first-order valence-corrected chi connectivity index (χ1v) is 11.3. The summed E-state index contributed by atoms with van der Waals surface area (Å²) in [6.07, 6.45) is 2.00. The second-order valence-corrected chi connectivity index (χ2v) is 8.61. The van der Waals surface area contributed by atoms with Crippen molar-refractivity contribution < 1.29 is 19.4 Å². The molecule has 32 heavy (non-hydrogen) atoms. The average molecular weight is 438 g/mol. The molecule has 0 radical (unpaired) electrons. The van der Waals surface area contributed by atoms with Gasteiger partial charge in [0.05, 0.1) is 6.10 Å². The zero-order valence-electron chi connectivity index (χ0n) is 18.3. The number of nitrogens with zero attached hydrogens (tertiary/aromatic N) is 2. The van der Waals surface area contributed by atoms with Gasteiger partial charge >= 0.3 is 0 Å². The van der Waals surface area contributed by atoms with E-state index < -0.39 is 6.10 Å². The van der Waals surface area contributed by atoms with E-state index in [1.165, 1.54) is 5.56 Å². The molecule has 0 saturated carbocycles. The van der Waals surface area contributed by atoms with Crippen molar-refractivity contribution >= 4 is 11.8 Å². The molecule has 2 fully saturated rings. The predicted octanol–water partition coefficient (Wildman–Crippen LogP) is 2.14. The smallest absolute Gasteiger partial charge is 0.260 e. The first kappa shape index (κ1) is 22.3. The molecule has 0 unspecified atom stereocenters. The Kier molecular flexibility index (Phi) is 7.07. The summed E-state index contributed by atoms with van der Waals surface area (Å²) in [6, 6.07) is 15.4. The number of hydrogen-bond acceptors (Lipinski definition) is 5. The standard InChI is InChI=1S/C25H31N3O4/c26-15-18-3-1-4-20(13-18)19-7-10-27(11-8-19)25(31)21-5-2-6-23(14-21)32-17-24(30)28-12-9-22(29)16-28/h1-6,13-14,19,22,29H,7-12,15-17,26H2/t22-/m0/s1. The third-order valence-corrected chi connectivity index (χ3v) is 6.40. The number of aliphatic hydroxyl groups is 1. The van der Waals surface area contributed by atoms with Crippen molar-refractivity contribution in [3.05, 3.63) is 65.2 Å². The number of rotatable bonds is 6. The third-order valence-electron chi connectivity index (χ3n) is 6.40. The van der Waals surface area contributed by atoms with E-state index in [2.05, 4.69) is 18.2 Å². The van der Waals surface area contributed by atoms with Crippen LogP contribution >= 0.6 is 0 Å². The Hall–Kier alpha value is -2.90. The molecule has 0 spiro atoms. The minimum atomic E-state index is -0.450. The quantitative estimate of drug-likeness (QED) is 0.722. The molecule has 2 aliphatic rings. The Balaban J connectivity index is 1.31. The highest BCUT2D eigenvalue weighted by atomic mass is 16.5. The molecule has 170 valence electrons. The molecule has 2 saturated heterocycles. The summed E-state index contributed by atoms with van der Waals surface area (Å²) in [5.41, 5.74) is 8.77. The van der Waals surface area contributed by atoms with Gasteiger partial charge in [0.15, 0.2) is 6.61 Å². The van der Waals surface area contributed by atoms with Crippen LogP contribution in [-0.2, 0) is 11.3 Å². The summed E-state index contributed by atoms with van der Waals surface area (Å²) in [6.45, 7) is 2.75. The molecule has 0 bridgehead atoms. The highest BCUT2D eigenvalue weighted by Crippen LogP contribution is 2.29. The van der Waals surface area contributed by atoms with Crippen molar-refractivity contribution in [2.75, 3.05) is 32.8 Å². The first-order chi connectivity index (χ1) is 15.5. The monoisotopic (exact) mass is 437 g/mol. The summed E-state index contributed by atoms with van der Waals surface area (Å²) in [4.78, 5) is 28.7. The van der Waals surface area contributed by atoms with Crippen LogP contribution in [-0.4, -0.2) is 65.6 Å². The van der Waals surface area contributed by atoms with Crippen LogP contribution in [0, 0.1) is 0 Å². The Morgan fingerprint density at radius 3 is 2.47 bits per heavy atom. The van der Waals surface area contributed by atoms with Crippen LogP contribution in [0.2, 0.25) is 0 Å². The molecule has 2 aromatic carbocycles. The van der Waals surface area contributed by atoms with E-state index in [1.54, 1.807) is 29.2 Å². The van der Waals surface area contributed by atoms with E-state index in [0.29, 0.717) is 56.4 Å². The van der Waals surface area contributed by atoms with E-state index in [-0.39, 0.29) is 18.4 Å². The number of nitrogens with two attached hydrogens (primary N) is 1. The molecule has 2 heterocycles. The Bertz CT molecular complexity index is 956. The molecular formula is C25H31N3O4. The van der Waals surface area contributed by atoms with Gasteiger partial charge < -0.3 is 25.4 Å². The molecule has 2 aromatic rings. The van der Waals surface area contributed by atoms with Crippen molar-refractivity contribution in [1.82, 2.24) is 9.80 Å². The SMILES string of the molecule is NCc1cccc(C2CCN(C(=O)c3cccc(OCC(=O)N4CC[C@H](O)C4)c3)CC2)c1. The van der Waals surface area contributed by atoms with Crippen molar-refractivity contribution in [1.29, 1.82) is 0 Å². The van der Waals surface area contributed by atoms with Crippen LogP contribution in [0.5, 0.6) is 5.75 Å². The molecule has 0 aromatic heterocycles. The third kappa shape index (κ3) is 5.29. The fourth-order valence-corrected chi connectivity index (χ4v) is 4.50. The van der Waals surface area contributed by atoms with Gasteiger partial charge in [0.1, 0.15) is 5.75 Å². The van der Waals surface area contributed by atoms with Gasteiger partial charge in [0.25, 0.3) is 11.8 Å². The Labute approximate surface area is 188 Å². The van der Waals surface area contributed by atoms with Gasteiger partial charge in [-0.2, -0.15) is 0 Å². The number of benzene rings is 2. The number of ether oxygens (including phenoxy) is 1. The summed E-state index contributed by atoms with van der Waals surface area (Å²) in [5.74, 6) is 0.769. The van der Waals surface area contributed by atoms with Gasteiger partial charge in [0.2, 0.25) is 0 Å². The lowest BCUT2D eigenvalue weighted by atomic mass is 9.88. The molecule has 4 rings (SSSR count). The van der Waals surface area contributed by atoms with Gasteiger partial charge in [-0.05, 0) is 54.5 Å². The van der Waals surface area contributed by atoms with Crippen LogP contribution in [0.3, 0.4) is 0 Å². The van der Waals surface area contributed by atoms with E-state index in [9.17, 15) is 14.7 Å². The number of carbonyl (C=O) groups is 2. The predicted molar refractivity (Wildman–Crippen MR) is 121 cm³/mol. The number of likely N-dealkylation sites (tertiary alicyclic amines) is 2. The molecule has 7 nitrogen and oxygen atoms in total. The number of amides is 2. The van der Waals surface area contributed by atoms with Crippen LogP contribution in [0.1, 0.15) is 46.7 Å². The zero-order valence-corrected chi connectivity index (χ0v) is 18.3. The number of carbonyl (C=O) groups excluding carboxylic acids is 2. The first-order valence-electron chi connectivity index (χ1n) is 11.3. The second kappa shape index (κ2) is 10.1. The van der Waals surface area contributed by atoms with Gasteiger partial charge in [-0.3, -0.25) is 9.59 Å². The van der Waals surface area contributed by atoms with Gasteiger partial charge in [-0.25, -0.2) is 0 Å². The molecule has 0 aliphatic carbocycles. The molecule has 1 atom stereocenters. The maximum atomic E-state index is 13.0. The van der Waals surface area contributed by atoms with E-state index in [1.807, 2.05) is 11.0 Å². The second-order valence-electron chi connectivity index (χ2n) is 8.61. The number of piperidine rings is 1. The lowest BCUT2D eigenvalue weighted by molar-refractivity contribution is -0.132. The summed E-state index contributed by atoms with van der Waals surface area (Å²) < 4.78 is 5.64.